The number of hydrogen-bond acceptors (Lipinski definition) is 3. The van der Waals surface area contributed by atoms with Crippen molar-refractivity contribution in [1.82, 2.24) is 0 Å². The third kappa shape index (κ3) is 3.64. The van der Waals surface area contributed by atoms with Gasteiger partial charge in [-0.2, -0.15) is 0 Å². The van der Waals surface area contributed by atoms with Gasteiger partial charge in [0.1, 0.15) is 5.75 Å². The second kappa shape index (κ2) is 6.64. The second-order valence-electron chi connectivity index (χ2n) is 5.24. The van der Waals surface area contributed by atoms with Crippen LogP contribution in [-0.4, -0.2) is 32.4 Å². The summed E-state index contributed by atoms with van der Waals surface area (Å²) in [7, 11) is 3.73. The third-order valence-electron chi connectivity index (χ3n) is 3.43. The van der Waals surface area contributed by atoms with Gasteiger partial charge in [0.25, 0.3) is 0 Å². The fourth-order valence-corrected chi connectivity index (χ4v) is 2.03. The summed E-state index contributed by atoms with van der Waals surface area (Å²) >= 11 is 0. The zero-order chi connectivity index (χ0) is 13.7. The maximum absolute atomic E-state index is 9.42. The monoisotopic (exact) mass is 251 g/mol. The Hall–Kier alpha value is -1.22. The SMILES string of the molecule is COc1ccc(C)cc1N(C)CC(CO)C(C)C. The highest BCUT2D eigenvalue weighted by molar-refractivity contribution is 5.59. The van der Waals surface area contributed by atoms with Gasteiger partial charge in [-0.3, -0.25) is 0 Å². The van der Waals surface area contributed by atoms with E-state index in [2.05, 4.69) is 31.7 Å². The maximum atomic E-state index is 9.42. The minimum absolute atomic E-state index is 0.218. The fourth-order valence-electron chi connectivity index (χ4n) is 2.03. The van der Waals surface area contributed by atoms with Gasteiger partial charge >= 0.3 is 0 Å². The van der Waals surface area contributed by atoms with Gasteiger partial charge in [-0.15, -0.1) is 0 Å². The molecule has 0 aliphatic heterocycles. The number of anilines is 1. The highest BCUT2D eigenvalue weighted by Gasteiger charge is 2.17. The summed E-state index contributed by atoms with van der Waals surface area (Å²) in [6.07, 6.45) is 0. The number of aliphatic hydroxyl groups is 1. The number of aryl methyl sites for hydroxylation is 1. The summed E-state index contributed by atoms with van der Waals surface area (Å²) < 4.78 is 5.39. The molecule has 0 saturated heterocycles. The van der Waals surface area contributed by atoms with E-state index in [0.717, 1.165) is 18.0 Å². The van der Waals surface area contributed by atoms with Crippen molar-refractivity contribution in [3.05, 3.63) is 23.8 Å². The molecule has 0 aromatic heterocycles. The van der Waals surface area contributed by atoms with E-state index < -0.39 is 0 Å². The Labute approximate surface area is 110 Å². The number of aliphatic hydroxyl groups excluding tert-OH is 1. The third-order valence-corrected chi connectivity index (χ3v) is 3.43. The van der Waals surface area contributed by atoms with Crippen molar-refractivity contribution in [2.45, 2.75) is 20.8 Å². The Morgan fingerprint density at radius 3 is 2.50 bits per heavy atom. The maximum Gasteiger partial charge on any atom is 0.142 e. The van der Waals surface area contributed by atoms with Gasteiger partial charge < -0.3 is 14.7 Å². The molecule has 1 unspecified atom stereocenters. The predicted octanol–water partition coefficient (Wildman–Crippen LogP) is 2.70. The fraction of sp³-hybridized carbons (Fsp3) is 0.600. The van der Waals surface area contributed by atoms with Crippen molar-refractivity contribution in [1.29, 1.82) is 0 Å². The molecule has 0 bridgehead atoms. The van der Waals surface area contributed by atoms with Gasteiger partial charge in [-0.1, -0.05) is 19.9 Å². The highest BCUT2D eigenvalue weighted by atomic mass is 16.5. The zero-order valence-corrected chi connectivity index (χ0v) is 12.1. The molecule has 3 nitrogen and oxygen atoms in total. The van der Waals surface area contributed by atoms with Crippen LogP contribution in [0.2, 0.25) is 0 Å². The molecule has 1 N–H and O–H groups in total. The van der Waals surface area contributed by atoms with Crippen molar-refractivity contribution in [2.75, 3.05) is 32.2 Å². The number of methoxy groups -OCH3 is 1. The van der Waals surface area contributed by atoms with Gasteiger partial charge in [0.15, 0.2) is 0 Å². The van der Waals surface area contributed by atoms with Crippen LogP contribution in [0, 0.1) is 18.8 Å². The number of benzene rings is 1. The van der Waals surface area contributed by atoms with Crippen LogP contribution in [0.4, 0.5) is 5.69 Å². The molecule has 0 spiro atoms. The van der Waals surface area contributed by atoms with Crippen LogP contribution in [0.25, 0.3) is 0 Å². The molecule has 3 heteroatoms. The second-order valence-corrected chi connectivity index (χ2v) is 5.24. The van der Waals surface area contributed by atoms with Crippen LogP contribution in [0.3, 0.4) is 0 Å². The van der Waals surface area contributed by atoms with Gasteiger partial charge in [0, 0.05) is 26.1 Å². The first kappa shape index (κ1) is 14.8. The molecule has 18 heavy (non-hydrogen) atoms. The van der Waals surface area contributed by atoms with Gasteiger partial charge in [0.05, 0.1) is 12.8 Å². The smallest absolute Gasteiger partial charge is 0.142 e. The van der Waals surface area contributed by atoms with Crippen LogP contribution in [0.5, 0.6) is 5.75 Å². The van der Waals surface area contributed by atoms with Crippen LogP contribution in [0.1, 0.15) is 19.4 Å². The van der Waals surface area contributed by atoms with Crippen molar-refractivity contribution < 1.29 is 9.84 Å². The van der Waals surface area contributed by atoms with E-state index in [1.165, 1.54) is 5.56 Å². The van der Waals surface area contributed by atoms with Crippen molar-refractivity contribution >= 4 is 5.69 Å². The van der Waals surface area contributed by atoms with Crippen molar-refractivity contribution in [2.24, 2.45) is 11.8 Å². The minimum atomic E-state index is 0.218. The van der Waals surface area contributed by atoms with Crippen LogP contribution in [-0.2, 0) is 0 Å². The summed E-state index contributed by atoms with van der Waals surface area (Å²) in [4.78, 5) is 2.16. The summed E-state index contributed by atoms with van der Waals surface area (Å²) in [5.74, 6) is 1.62. The molecular weight excluding hydrogens is 226 g/mol. The Balaban J connectivity index is 2.88. The topological polar surface area (TPSA) is 32.7 Å². The first-order valence-electron chi connectivity index (χ1n) is 6.46. The Morgan fingerprint density at radius 1 is 1.33 bits per heavy atom. The van der Waals surface area contributed by atoms with E-state index in [4.69, 9.17) is 4.74 Å². The number of nitrogens with zero attached hydrogens (tertiary/aromatic N) is 1. The first-order chi connectivity index (χ1) is 8.49. The van der Waals surface area contributed by atoms with Crippen LogP contribution < -0.4 is 9.64 Å². The standard InChI is InChI=1S/C15H25NO2/c1-11(2)13(10-17)9-16(4)14-8-12(3)6-7-15(14)18-5/h6-8,11,13,17H,9-10H2,1-5H3. The normalized spacial score (nSPS) is 12.6. The Bertz CT molecular complexity index is 377. The molecule has 0 amide bonds. The summed E-state index contributed by atoms with van der Waals surface area (Å²) in [5.41, 5.74) is 2.29. The largest absolute Gasteiger partial charge is 0.495 e. The lowest BCUT2D eigenvalue weighted by molar-refractivity contribution is 0.193. The molecular formula is C15H25NO2. The van der Waals surface area contributed by atoms with E-state index in [1.54, 1.807) is 7.11 Å². The molecule has 0 fully saturated rings. The van der Waals surface area contributed by atoms with Crippen molar-refractivity contribution in [3.63, 3.8) is 0 Å². The van der Waals surface area contributed by atoms with Crippen LogP contribution >= 0.6 is 0 Å². The molecule has 102 valence electrons. The molecule has 1 aromatic rings. The highest BCUT2D eigenvalue weighted by Crippen LogP contribution is 2.29. The average Bonchev–Trinajstić information content (AvgIpc) is 2.35. The molecule has 0 radical (unpaired) electrons. The molecule has 0 heterocycles. The quantitative estimate of drug-likeness (QED) is 0.844. The lowest BCUT2D eigenvalue weighted by Crippen LogP contribution is -2.30. The molecule has 1 rings (SSSR count). The minimum Gasteiger partial charge on any atom is -0.495 e. The van der Waals surface area contributed by atoms with E-state index >= 15 is 0 Å². The molecule has 0 aliphatic rings. The van der Waals surface area contributed by atoms with Gasteiger partial charge in [-0.25, -0.2) is 0 Å². The predicted molar refractivity (Wildman–Crippen MR) is 76.4 cm³/mol. The molecule has 0 saturated carbocycles. The first-order valence-corrected chi connectivity index (χ1v) is 6.46. The molecule has 1 atom stereocenters. The average molecular weight is 251 g/mol. The molecule has 0 aliphatic carbocycles. The Morgan fingerprint density at radius 2 is 2.00 bits per heavy atom. The summed E-state index contributed by atoms with van der Waals surface area (Å²) in [5, 5.41) is 9.42. The van der Waals surface area contributed by atoms with Gasteiger partial charge in [-0.05, 0) is 30.5 Å². The zero-order valence-electron chi connectivity index (χ0n) is 12.1. The summed E-state index contributed by atoms with van der Waals surface area (Å²) in [6, 6.07) is 6.15. The van der Waals surface area contributed by atoms with Gasteiger partial charge in [0.2, 0.25) is 0 Å². The number of rotatable bonds is 6. The summed E-state index contributed by atoms with van der Waals surface area (Å²) in [6.45, 7) is 7.40. The Kier molecular flexibility index (Phi) is 5.48. The van der Waals surface area contributed by atoms with E-state index in [-0.39, 0.29) is 12.5 Å². The number of ether oxygens (including phenoxy) is 1. The van der Waals surface area contributed by atoms with E-state index in [9.17, 15) is 5.11 Å². The number of hydrogen-bond donors (Lipinski definition) is 1. The van der Waals surface area contributed by atoms with Crippen LogP contribution in [0.15, 0.2) is 18.2 Å². The lowest BCUT2D eigenvalue weighted by Gasteiger charge is -2.28. The molecule has 1 aromatic carbocycles. The van der Waals surface area contributed by atoms with Crippen molar-refractivity contribution in [3.8, 4) is 5.75 Å². The van der Waals surface area contributed by atoms with E-state index in [0.29, 0.717) is 5.92 Å². The van der Waals surface area contributed by atoms with E-state index in [1.807, 2.05) is 19.2 Å². The lowest BCUT2D eigenvalue weighted by atomic mass is 9.96.